The summed E-state index contributed by atoms with van der Waals surface area (Å²) >= 11 is 4.79. The quantitative estimate of drug-likeness (QED) is 0.551. The van der Waals surface area contributed by atoms with Gasteiger partial charge in [0.1, 0.15) is 11.5 Å². The van der Waals surface area contributed by atoms with Crippen LogP contribution in [0.3, 0.4) is 0 Å². The monoisotopic (exact) mass is 353 g/mol. The van der Waals surface area contributed by atoms with Gasteiger partial charge < -0.3 is 10.5 Å². The van der Waals surface area contributed by atoms with Gasteiger partial charge in [-0.05, 0) is 55.5 Å². The Morgan fingerprint density at radius 3 is 2.32 bits per heavy atom. The zero-order valence-electron chi connectivity index (χ0n) is 13.3. The molecule has 0 unspecified atom stereocenters. The van der Waals surface area contributed by atoms with Crippen LogP contribution in [0.4, 0.5) is 11.4 Å². The molecule has 0 aliphatic heterocycles. The van der Waals surface area contributed by atoms with Crippen molar-refractivity contribution in [1.29, 1.82) is 0 Å². The first-order valence-electron chi connectivity index (χ1n) is 7.41. The standard InChI is InChI=1S/C17H15N5O2S/c1-11-15(16(23)22(21-11)17(18)25)20-19-12-7-9-14(10-8-12)24-13-5-3-2-4-6-13/h2-10,21H,1H3,(H2,18,25). The SMILES string of the molecule is Cc1[nH]n(C(N)=S)c(=O)c1N=Nc1ccc(Oc2ccccc2)cc1. The number of rotatable bonds is 4. The van der Waals surface area contributed by atoms with Crippen LogP contribution in [0.2, 0.25) is 0 Å². The first-order chi connectivity index (χ1) is 12.0. The predicted molar refractivity (Wildman–Crippen MR) is 99.1 cm³/mol. The van der Waals surface area contributed by atoms with E-state index >= 15 is 0 Å². The summed E-state index contributed by atoms with van der Waals surface area (Å²) in [6.45, 7) is 1.70. The summed E-state index contributed by atoms with van der Waals surface area (Å²) in [6, 6.07) is 16.5. The van der Waals surface area contributed by atoms with Gasteiger partial charge in [0.25, 0.3) is 0 Å². The third kappa shape index (κ3) is 3.81. The van der Waals surface area contributed by atoms with E-state index in [1.165, 1.54) is 0 Å². The topological polar surface area (TPSA) is 97.8 Å². The van der Waals surface area contributed by atoms with E-state index in [4.69, 9.17) is 22.7 Å². The van der Waals surface area contributed by atoms with Crippen LogP contribution in [0.1, 0.15) is 5.69 Å². The third-order valence-corrected chi connectivity index (χ3v) is 3.52. The van der Waals surface area contributed by atoms with E-state index in [0.717, 1.165) is 10.4 Å². The van der Waals surface area contributed by atoms with Gasteiger partial charge in [0.2, 0.25) is 0 Å². The van der Waals surface area contributed by atoms with Crippen molar-refractivity contribution in [2.24, 2.45) is 16.0 Å². The molecule has 2 aromatic carbocycles. The van der Waals surface area contributed by atoms with E-state index in [0.29, 0.717) is 17.1 Å². The lowest BCUT2D eigenvalue weighted by molar-refractivity contribution is 0.483. The second-order valence-corrected chi connectivity index (χ2v) is 5.59. The van der Waals surface area contributed by atoms with Crippen molar-refractivity contribution in [3.8, 4) is 11.5 Å². The first kappa shape index (κ1) is 16.6. The number of aromatic nitrogens is 2. The van der Waals surface area contributed by atoms with Crippen LogP contribution in [0.15, 0.2) is 69.6 Å². The molecular weight excluding hydrogens is 338 g/mol. The number of para-hydroxylation sites is 1. The van der Waals surface area contributed by atoms with Crippen LogP contribution < -0.4 is 16.0 Å². The van der Waals surface area contributed by atoms with E-state index < -0.39 is 5.56 Å². The van der Waals surface area contributed by atoms with Crippen molar-refractivity contribution < 1.29 is 4.74 Å². The summed E-state index contributed by atoms with van der Waals surface area (Å²) < 4.78 is 6.76. The molecule has 25 heavy (non-hydrogen) atoms. The number of aryl methyl sites for hydroxylation is 1. The van der Waals surface area contributed by atoms with Crippen molar-refractivity contribution in [2.45, 2.75) is 6.92 Å². The predicted octanol–water partition coefficient (Wildman–Crippen LogP) is 3.78. The number of azo groups is 1. The van der Waals surface area contributed by atoms with Gasteiger partial charge in [0.05, 0.1) is 11.4 Å². The normalized spacial score (nSPS) is 10.9. The van der Waals surface area contributed by atoms with Crippen molar-refractivity contribution >= 4 is 28.7 Å². The third-order valence-electron chi connectivity index (χ3n) is 3.34. The fraction of sp³-hybridized carbons (Fsp3) is 0.0588. The second kappa shape index (κ2) is 7.10. The molecule has 3 aromatic rings. The average molecular weight is 353 g/mol. The summed E-state index contributed by atoms with van der Waals surface area (Å²) in [4.78, 5) is 12.1. The Balaban J connectivity index is 1.77. The van der Waals surface area contributed by atoms with Crippen LogP contribution in [0.5, 0.6) is 11.5 Å². The van der Waals surface area contributed by atoms with Gasteiger partial charge in [0, 0.05) is 0 Å². The van der Waals surface area contributed by atoms with E-state index in [9.17, 15) is 4.79 Å². The Morgan fingerprint density at radius 2 is 1.72 bits per heavy atom. The zero-order valence-corrected chi connectivity index (χ0v) is 14.2. The van der Waals surface area contributed by atoms with Crippen LogP contribution in [-0.4, -0.2) is 14.9 Å². The van der Waals surface area contributed by atoms with Gasteiger partial charge in [-0.2, -0.15) is 9.80 Å². The van der Waals surface area contributed by atoms with E-state index in [-0.39, 0.29) is 10.8 Å². The number of benzene rings is 2. The molecule has 8 heteroatoms. The van der Waals surface area contributed by atoms with Gasteiger partial charge in [-0.25, -0.2) is 0 Å². The molecule has 126 valence electrons. The highest BCUT2D eigenvalue weighted by Gasteiger charge is 2.11. The number of nitrogens with two attached hydrogens (primary N) is 1. The minimum Gasteiger partial charge on any atom is -0.457 e. The van der Waals surface area contributed by atoms with Crippen LogP contribution >= 0.6 is 12.2 Å². The summed E-state index contributed by atoms with van der Waals surface area (Å²) in [7, 11) is 0. The Labute approximate surface area is 148 Å². The van der Waals surface area contributed by atoms with E-state index in [1.54, 1.807) is 31.2 Å². The van der Waals surface area contributed by atoms with Gasteiger partial charge in [0.15, 0.2) is 10.8 Å². The maximum Gasteiger partial charge on any atom is 0.301 e. The molecule has 3 N–H and O–H groups in total. The highest BCUT2D eigenvalue weighted by Crippen LogP contribution is 2.24. The molecule has 0 fully saturated rings. The Bertz CT molecular complexity index is 975. The van der Waals surface area contributed by atoms with Crippen molar-refractivity contribution in [3.63, 3.8) is 0 Å². The molecule has 3 rings (SSSR count). The van der Waals surface area contributed by atoms with E-state index in [1.807, 2.05) is 30.3 Å². The van der Waals surface area contributed by atoms with Crippen LogP contribution in [0.25, 0.3) is 0 Å². The molecule has 0 saturated carbocycles. The van der Waals surface area contributed by atoms with Crippen molar-refractivity contribution in [2.75, 3.05) is 0 Å². The molecule has 0 spiro atoms. The number of hydrogen-bond acceptors (Lipinski definition) is 5. The maximum absolute atomic E-state index is 12.1. The van der Waals surface area contributed by atoms with E-state index in [2.05, 4.69) is 15.3 Å². The molecule has 0 aliphatic carbocycles. The molecule has 0 saturated heterocycles. The average Bonchev–Trinajstić information content (AvgIpc) is 2.90. The Morgan fingerprint density at radius 1 is 1.08 bits per heavy atom. The summed E-state index contributed by atoms with van der Waals surface area (Å²) in [5.41, 5.74) is 6.31. The molecule has 0 radical (unpaired) electrons. The maximum atomic E-state index is 12.1. The number of ether oxygens (including phenoxy) is 1. The lowest BCUT2D eigenvalue weighted by Crippen LogP contribution is -2.29. The molecule has 0 atom stereocenters. The van der Waals surface area contributed by atoms with Gasteiger partial charge in [-0.1, -0.05) is 18.2 Å². The van der Waals surface area contributed by atoms with Gasteiger partial charge >= 0.3 is 5.56 Å². The summed E-state index contributed by atoms with van der Waals surface area (Å²) in [5, 5.41) is 10.7. The number of hydrogen-bond donors (Lipinski definition) is 2. The summed E-state index contributed by atoms with van der Waals surface area (Å²) in [5.74, 6) is 1.43. The zero-order chi connectivity index (χ0) is 17.8. The van der Waals surface area contributed by atoms with Crippen molar-refractivity contribution in [1.82, 2.24) is 9.78 Å². The molecule has 7 nitrogen and oxygen atoms in total. The Kier molecular flexibility index (Phi) is 4.71. The number of H-pyrrole nitrogens is 1. The highest BCUT2D eigenvalue weighted by atomic mass is 32.1. The van der Waals surface area contributed by atoms with Crippen LogP contribution in [-0.2, 0) is 0 Å². The largest absolute Gasteiger partial charge is 0.457 e. The number of aromatic amines is 1. The minimum atomic E-state index is -0.433. The fourth-order valence-electron chi connectivity index (χ4n) is 2.12. The minimum absolute atomic E-state index is 0.0723. The number of nitrogens with zero attached hydrogens (tertiary/aromatic N) is 3. The molecule has 0 amide bonds. The Hall–Kier alpha value is -3.26. The number of nitrogens with one attached hydrogen (secondary N) is 1. The number of thiocarbonyl (C=S) groups is 1. The molecule has 0 aliphatic rings. The van der Waals surface area contributed by atoms with Crippen molar-refractivity contribution in [3.05, 3.63) is 70.6 Å². The molecular formula is C17H15N5O2S. The molecule has 1 aromatic heterocycles. The summed E-state index contributed by atoms with van der Waals surface area (Å²) in [6.07, 6.45) is 0. The second-order valence-electron chi connectivity index (χ2n) is 5.17. The molecule has 0 bridgehead atoms. The fourth-order valence-corrected chi connectivity index (χ4v) is 2.25. The van der Waals surface area contributed by atoms with Gasteiger partial charge in [-0.3, -0.25) is 9.89 Å². The molecule has 1 heterocycles. The lowest BCUT2D eigenvalue weighted by atomic mass is 10.3. The first-order valence-corrected chi connectivity index (χ1v) is 7.81. The van der Waals surface area contributed by atoms with Crippen LogP contribution in [0, 0.1) is 6.92 Å². The lowest BCUT2D eigenvalue weighted by Gasteiger charge is -2.04. The van der Waals surface area contributed by atoms with Gasteiger partial charge in [-0.15, -0.1) is 5.11 Å². The highest BCUT2D eigenvalue weighted by molar-refractivity contribution is 7.80. The smallest absolute Gasteiger partial charge is 0.301 e.